The van der Waals surface area contributed by atoms with E-state index in [0.717, 1.165) is 23.5 Å². The predicted octanol–water partition coefficient (Wildman–Crippen LogP) is 2.82. The quantitative estimate of drug-likeness (QED) is 0.834. The van der Waals surface area contributed by atoms with Crippen LogP contribution in [0.4, 0.5) is 0 Å². The molecule has 2 N–H and O–H groups in total. The molecule has 0 amide bonds. The Morgan fingerprint density at radius 3 is 2.00 bits per heavy atom. The molecule has 0 aliphatic carbocycles. The Labute approximate surface area is 122 Å². The largest absolute Gasteiger partial charge is 0.497 e. The van der Waals surface area contributed by atoms with Crippen LogP contribution in [-0.4, -0.2) is 38.3 Å². The molecule has 0 spiro atoms. The summed E-state index contributed by atoms with van der Waals surface area (Å²) in [5, 5.41) is 0. The number of hydrogen-bond donors (Lipinski definition) is 1. The maximum Gasteiger partial charge on any atom is 0.122 e. The van der Waals surface area contributed by atoms with Crippen molar-refractivity contribution >= 4 is 0 Å². The zero-order valence-electron chi connectivity index (χ0n) is 13.6. The van der Waals surface area contributed by atoms with Crippen LogP contribution in [0, 0.1) is 0 Å². The standard InChI is InChI=1S/C16H28N2O2/c1-7-16(2,3)18(4)15(11-17)12-8-13(19-5)10-14(9-12)20-6/h8-10,15H,7,11,17H2,1-6H3. The number of rotatable bonds is 7. The SMILES string of the molecule is CCC(C)(C)N(C)C(CN)c1cc(OC)cc(OC)c1. The summed E-state index contributed by atoms with van der Waals surface area (Å²) in [6.07, 6.45) is 1.06. The van der Waals surface area contributed by atoms with Gasteiger partial charge < -0.3 is 15.2 Å². The summed E-state index contributed by atoms with van der Waals surface area (Å²) >= 11 is 0. The molecule has 0 aliphatic rings. The highest BCUT2D eigenvalue weighted by atomic mass is 16.5. The lowest BCUT2D eigenvalue weighted by molar-refractivity contribution is 0.100. The van der Waals surface area contributed by atoms with Crippen molar-refractivity contribution < 1.29 is 9.47 Å². The summed E-state index contributed by atoms with van der Waals surface area (Å²) in [5.41, 5.74) is 7.22. The van der Waals surface area contributed by atoms with Crippen LogP contribution in [0.2, 0.25) is 0 Å². The van der Waals surface area contributed by atoms with Crippen LogP contribution < -0.4 is 15.2 Å². The van der Waals surface area contributed by atoms with E-state index >= 15 is 0 Å². The topological polar surface area (TPSA) is 47.7 Å². The molecule has 0 aromatic heterocycles. The number of ether oxygens (including phenoxy) is 2. The summed E-state index contributed by atoms with van der Waals surface area (Å²) in [7, 11) is 5.44. The second-order valence-corrected chi connectivity index (χ2v) is 5.67. The Hall–Kier alpha value is -1.26. The summed E-state index contributed by atoms with van der Waals surface area (Å²) in [4.78, 5) is 2.32. The van der Waals surface area contributed by atoms with E-state index in [1.807, 2.05) is 18.2 Å². The average Bonchev–Trinajstić information content (AvgIpc) is 2.47. The molecular formula is C16H28N2O2. The Bertz CT molecular complexity index is 410. The number of nitrogens with zero attached hydrogens (tertiary/aromatic N) is 1. The van der Waals surface area contributed by atoms with Crippen LogP contribution in [0.15, 0.2) is 18.2 Å². The van der Waals surface area contributed by atoms with Crippen LogP contribution in [0.3, 0.4) is 0 Å². The van der Waals surface area contributed by atoms with Crippen LogP contribution in [0.5, 0.6) is 11.5 Å². The number of methoxy groups -OCH3 is 2. The van der Waals surface area contributed by atoms with E-state index in [-0.39, 0.29) is 11.6 Å². The third-order valence-corrected chi connectivity index (χ3v) is 4.27. The Morgan fingerprint density at radius 1 is 1.15 bits per heavy atom. The van der Waals surface area contributed by atoms with E-state index in [1.165, 1.54) is 0 Å². The minimum absolute atomic E-state index is 0.0837. The van der Waals surface area contributed by atoms with Gasteiger partial charge in [0.25, 0.3) is 0 Å². The molecule has 4 heteroatoms. The molecular weight excluding hydrogens is 252 g/mol. The molecule has 1 aromatic rings. The van der Waals surface area contributed by atoms with E-state index in [2.05, 4.69) is 32.7 Å². The van der Waals surface area contributed by atoms with E-state index in [1.54, 1.807) is 14.2 Å². The fourth-order valence-electron chi connectivity index (χ4n) is 2.21. The van der Waals surface area contributed by atoms with Crippen LogP contribution in [0.1, 0.15) is 38.8 Å². The fourth-order valence-corrected chi connectivity index (χ4v) is 2.21. The molecule has 0 heterocycles. The third-order valence-electron chi connectivity index (χ3n) is 4.27. The van der Waals surface area contributed by atoms with Crippen molar-refractivity contribution in [3.05, 3.63) is 23.8 Å². The lowest BCUT2D eigenvalue weighted by atomic mass is 9.94. The van der Waals surface area contributed by atoms with E-state index in [0.29, 0.717) is 6.54 Å². The van der Waals surface area contributed by atoms with Crippen molar-refractivity contribution in [3.63, 3.8) is 0 Å². The maximum atomic E-state index is 6.02. The number of hydrogen-bond acceptors (Lipinski definition) is 4. The van der Waals surface area contributed by atoms with Crippen molar-refractivity contribution in [1.82, 2.24) is 4.90 Å². The van der Waals surface area contributed by atoms with Gasteiger partial charge in [-0.15, -0.1) is 0 Å². The molecule has 0 fully saturated rings. The molecule has 1 unspecified atom stereocenters. The molecule has 20 heavy (non-hydrogen) atoms. The molecule has 1 rings (SSSR count). The van der Waals surface area contributed by atoms with Gasteiger partial charge in [0.1, 0.15) is 11.5 Å². The molecule has 0 aliphatic heterocycles. The minimum Gasteiger partial charge on any atom is -0.497 e. The lowest BCUT2D eigenvalue weighted by Crippen LogP contribution is -2.45. The van der Waals surface area contributed by atoms with Gasteiger partial charge in [0.05, 0.1) is 14.2 Å². The normalized spacial score (nSPS) is 13.4. The average molecular weight is 280 g/mol. The molecule has 0 saturated heterocycles. The molecule has 0 bridgehead atoms. The highest BCUT2D eigenvalue weighted by Crippen LogP contribution is 2.32. The van der Waals surface area contributed by atoms with Gasteiger partial charge in [0.2, 0.25) is 0 Å². The van der Waals surface area contributed by atoms with Gasteiger partial charge >= 0.3 is 0 Å². The van der Waals surface area contributed by atoms with E-state index < -0.39 is 0 Å². The first-order valence-electron chi connectivity index (χ1n) is 7.05. The number of benzene rings is 1. The van der Waals surface area contributed by atoms with Crippen molar-refractivity contribution in [1.29, 1.82) is 0 Å². The summed E-state index contributed by atoms with van der Waals surface area (Å²) in [6.45, 7) is 7.20. The number of likely N-dealkylation sites (N-methyl/N-ethyl adjacent to an activating group) is 1. The van der Waals surface area contributed by atoms with E-state index in [9.17, 15) is 0 Å². The van der Waals surface area contributed by atoms with E-state index in [4.69, 9.17) is 15.2 Å². The first-order valence-corrected chi connectivity index (χ1v) is 7.05. The van der Waals surface area contributed by atoms with Crippen molar-refractivity contribution in [3.8, 4) is 11.5 Å². The Balaban J connectivity index is 3.17. The fraction of sp³-hybridized carbons (Fsp3) is 0.625. The molecule has 1 aromatic carbocycles. The van der Waals surface area contributed by atoms with Gasteiger partial charge in [0, 0.05) is 24.2 Å². The van der Waals surface area contributed by atoms with Gasteiger partial charge in [-0.2, -0.15) is 0 Å². The highest BCUT2D eigenvalue weighted by molar-refractivity contribution is 5.40. The van der Waals surface area contributed by atoms with Gasteiger partial charge in [-0.25, -0.2) is 0 Å². The van der Waals surface area contributed by atoms with Gasteiger partial charge in [0.15, 0.2) is 0 Å². The Kier molecular flexibility index (Phi) is 5.84. The second-order valence-electron chi connectivity index (χ2n) is 5.67. The van der Waals surface area contributed by atoms with Crippen LogP contribution in [-0.2, 0) is 0 Å². The molecule has 0 saturated carbocycles. The van der Waals surface area contributed by atoms with Gasteiger partial charge in [-0.3, -0.25) is 4.90 Å². The summed E-state index contributed by atoms with van der Waals surface area (Å²) in [5.74, 6) is 1.58. The number of nitrogens with two attached hydrogens (primary N) is 1. The molecule has 114 valence electrons. The first kappa shape index (κ1) is 16.8. The Morgan fingerprint density at radius 2 is 1.65 bits per heavy atom. The van der Waals surface area contributed by atoms with Gasteiger partial charge in [-0.05, 0) is 45.0 Å². The minimum atomic E-state index is 0.0837. The van der Waals surface area contributed by atoms with Gasteiger partial charge in [-0.1, -0.05) is 6.92 Å². The predicted molar refractivity (Wildman–Crippen MR) is 83.5 cm³/mol. The highest BCUT2D eigenvalue weighted by Gasteiger charge is 2.28. The molecule has 1 atom stereocenters. The third kappa shape index (κ3) is 3.64. The summed E-state index contributed by atoms with van der Waals surface area (Å²) < 4.78 is 10.7. The van der Waals surface area contributed by atoms with Crippen LogP contribution >= 0.6 is 0 Å². The molecule has 4 nitrogen and oxygen atoms in total. The monoisotopic (exact) mass is 280 g/mol. The second kappa shape index (κ2) is 6.95. The zero-order valence-corrected chi connectivity index (χ0v) is 13.6. The van der Waals surface area contributed by atoms with Crippen molar-refractivity contribution in [2.75, 3.05) is 27.8 Å². The smallest absolute Gasteiger partial charge is 0.122 e. The van der Waals surface area contributed by atoms with Crippen LogP contribution in [0.25, 0.3) is 0 Å². The van der Waals surface area contributed by atoms with Crippen molar-refractivity contribution in [2.45, 2.75) is 38.8 Å². The van der Waals surface area contributed by atoms with Crippen molar-refractivity contribution in [2.24, 2.45) is 5.73 Å². The molecule has 0 radical (unpaired) electrons. The zero-order chi connectivity index (χ0) is 15.3. The maximum absolute atomic E-state index is 6.02. The lowest BCUT2D eigenvalue weighted by Gasteiger charge is -2.40. The summed E-state index contributed by atoms with van der Waals surface area (Å²) in [6, 6.07) is 6.07. The first-order chi connectivity index (χ1) is 9.39.